The normalized spacial score (nSPS) is 15.3. The van der Waals surface area contributed by atoms with Crippen LogP contribution in [0.15, 0.2) is 12.1 Å². The van der Waals surface area contributed by atoms with Gasteiger partial charge in [0, 0.05) is 11.6 Å². The molecule has 0 aliphatic carbocycles. The Morgan fingerprint density at radius 1 is 1.21 bits per heavy atom. The van der Waals surface area contributed by atoms with Gasteiger partial charge in [-0.1, -0.05) is 6.07 Å². The molecule has 5 heteroatoms. The number of aliphatic hydroxyl groups excluding tert-OH is 1. The van der Waals surface area contributed by atoms with Crippen LogP contribution >= 0.6 is 0 Å². The summed E-state index contributed by atoms with van der Waals surface area (Å²) in [4.78, 5) is 0. The summed E-state index contributed by atoms with van der Waals surface area (Å²) < 4.78 is 38.3. The second-order valence-corrected chi connectivity index (χ2v) is 3.07. The van der Waals surface area contributed by atoms with Crippen LogP contribution in [0.2, 0.25) is 0 Å². The first-order valence-electron chi connectivity index (χ1n) is 4.02. The first kappa shape index (κ1) is 11.0. The van der Waals surface area contributed by atoms with E-state index in [0.29, 0.717) is 0 Å². The zero-order chi connectivity index (χ0) is 10.9. The van der Waals surface area contributed by atoms with Crippen molar-refractivity contribution in [3.8, 4) is 0 Å². The second kappa shape index (κ2) is 3.98. The van der Waals surface area contributed by atoms with Crippen molar-refractivity contribution in [1.82, 2.24) is 0 Å². The van der Waals surface area contributed by atoms with E-state index in [2.05, 4.69) is 0 Å². The maximum absolute atomic E-state index is 13.0. The molecule has 0 radical (unpaired) electrons. The molecule has 1 aromatic carbocycles. The maximum atomic E-state index is 13.0. The Morgan fingerprint density at radius 2 is 1.79 bits per heavy atom. The van der Waals surface area contributed by atoms with Crippen LogP contribution in [0.3, 0.4) is 0 Å². The number of rotatable bonds is 2. The zero-order valence-corrected chi connectivity index (χ0v) is 7.47. The summed E-state index contributed by atoms with van der Waals surface area (Å²) >= 11 is 0. The van der Waals surface area contributed by atoms with E-state index in [-0.39, 0.29) is 5.56 Å². The van der Waals surface area contributed by atoms with Crippen molar-refractivity contribution in [2.24, 2.45) is 5.73 Å². The van der Waals surface area contributed by atoms with Crippen molar-refractivity contribution in [1.29, 1.82) is 0 Å². The molecule has 0 fully saturated rings. The summed E-state index contributed by atoms with van der Waals surface area (Å²) in [6, 6.07) is 0.968. The van der Waals surface area contributed by atoms with Gasteiger partial charge in [0.15, 0.2) is 17.5 Å². The molecule has 2 atom stereocenters. The van der Waals surface area contributed by atoms with E-state index in [1.807, 2.05) is 0 Å². The Bertz CT molecular complexity index is 341. The van der Waals surface area contributed by atoms with Crippen molar-refractivity contribution in [2.75, 3.05) is 0 Å². The van der Waals surface area contributed by atoms with Gasteiger partial charge in [-0.05, 0) is 13.0 Å². The summed E-state index contributed by atoms with van der Waals surface area (Å²) in [5.74, 6) is -4.28. The summed E-state index contributed by atoms with van der Waals surface area (Å²) in [5, 5.41) is 9.34. The Balaban J connectivity index is 3.17. The van der Waals surface area contributed by atoms with Gasteiger partial charge in [-0.25, -0.2) is 13.2 Å². The van der Waals surface area contributed by atoms with Crippen molar-refractivity contribution >= 4 is 0 Å². The third-order valence-corrected chi connectivity index (χ3v) is 1.88. The highest BCUT2D eigenvalue weighted by Crippen LogP contribution is 2.22. The first-order chi connectivity index (χ1) is 6.45. The number of halogens is 3. The van der Waals surface area contributed by atoms with Crippen LogP contribution in [-0.2, 0) is 0 Å². The van der Waals surface area contributed by atoms with E-state index in [0.717, 1.165) is 12.1 Å². The first-order valence-corrected chi connectivity index (χ1v) is 4.02. The smallest absolute Gasteiger partial charge is 0.194 e. The monoisotopic (exact) mass is 205 g/mol. The molecule has 1 rings (SSSR count). The van der Waals surface area contributed by atoms with E-state index >= 15 is 0 Å². The topological polar surface area (TPSA) is 46.2 Å². The lowest BCUT2D eigenvalue weighted by Gasteiger charge is -2.15. The van der Waals surface area contributed by atoms with Gasteiger partial charge in [0.25, 0.3) is 0 Å². The van der Waals surface area contributed by atoms with Gasteiger partial charge in [-0.15, -0.1) is 0 Å². The Kier molecular flexibility index (Phi) is 3.13. The number of hydrogen-bond acceptors (Lipinski definition) is 2. The fourth-order valence-electron chi connectivity index (χ4n) is 1.05. The standard InChI is InChI=1S/C9H10F3NO/c1-4(13)9(14)5-2-3-6(10)8(12)7(5)11/h2-4,9,14H,13H2,1H3/t4-,9-/m0/s1. The molecule has 1 aromatic rings. The number of aliphatic hydroxyl groups is 1. The van der Waals surface area contributed by atoms with Gasteiger partial charge < -0.3 is 10.8 Å². The molecule has 0 unspecified atom stereocenters. The minimum absolute atomic E-state index is 0.334. The van der Waals surface area contributed by atoms with E-state index in [1.165, 1.54) is 6.92 Å². The molecule has 2 nitrogen and oxygen atoms in total. The molecule has 0 saturated carbocycles. The molecule has 3 N–H and O–H groups in total. The molecule has 0 aromatic heterocycles. The van der Waals surface area contributed by atoms with Crippen molar-refractivity contribution in [3.63, 3.8) is 0 Å². The third-order valence-electron chi connectivity index (χ3n) is 1.88. The van der Waals surface area contributed by atoms with Crippen LogP contribution < -0.4 is 5.73 Å². The molecule has 0 heterocycles. The highest BCUT2D eigenvalue weighted by Gasteiger charge is 2.21. The third kappa shape index (κ3) is 1.88. The van der Waals surface area contributed by atoms with Gasteiger partial charge >= 0.3 is 0 Å². The van der Waals surface area contributed by atoms with Gasteiger partial charge in [-0.2, -0.15) is 0 Å². The lowest BCUT2D eigenvalue weighted by Crippen LogP contribution is -2.25. The Morgan fingerprint density at radius 3 is 2.29 bits per heavy atom. The summed E-state index contributed by atoms with van der Waals surface area (Å²) in [6.07, 6.45) is -1.34. The van der Waals surface area contributed by atoms with Crippen LogP contribution in [-0.4, -0.2) is 11.1 Å². The quantitative estimate of drug-likeness (QED) is 0.718. The van der Waals surface area contributed by atoms with Crippen LogP contribution in [0.1, 0.15) is 18.6 Å². The lowest BCUT2D eigenvalue weighted by molar-refractivity contribution is 0.147. The van der Waals surface area contributed by atoms with Crippen molar-refractivity contribution in [3.05, 3.63) is 35.1 Å². The highest BCUT2D eigenvalue weighted by atomic mass is 19.2. The van der Waals surface area contributed by atoms with Crippen LogP contribution in [0.4, 0.5) is 13.2 Å². The minimum Gasteiger partial charge on any atom is -0.387 e. The SMILES string of the molecule is C[C@H](N)[C@H](O)c1ccc(F)c(F)c1F. The average molecular weight is 205 g/mol. The Hall–Kier alpha value is -1.07. The summed E-state index contributed by atoms with van der Waals surface area (Å²) in [5.41, 5.74) is 4.96. The van der Waals surface area contributed by atoms with E-state index in [1.54, 1.807) is 0 Å². The molecule has 0 aliphatic heterocycles. The average Bonchev–Trinajstić information content (AvgIpc) is 2.13. The highest BCUT2D eigenvalue weighted by molar-refractivity contribution is 5.23. The number of nitrogens with two attached hydrogens (primary N) is 1. The molecule has 0 spiro atoms. The molecule has 0 amide bonds. The predicted molar refractivity (Wildman–Crippen MR) is 44.9 cm³/mol. The van der Waals surface area contributed by atoms with Crippen LogP contribution in [0, 0.1) is 17.5 Å². The van der Waals surface area contributed by atoms with Gasteiger partial charge in [0.05, 0.1) is 6.10 Å². The summed E-state index contributed by atoms with van der Waals surface area (Å²) in [6.45, 7) is 1.44. The largest absolute Gasteiger partial charge is 0.387 e. The molecule has 0 saturated heterocycles. The van der Waals surface area contributed by atoms with Crippen LogP contribution in [0.5, 0.6) is 0 Å². The van der Waals surface area contributed by atoms with E-state index < -0.39 is 29.6 Å². The fraction of sp³-hybridized carbons (Fsp3) is 0.333. The Labute approximate surface area is 79.2 Å². The van der Waals surface area contributed by atoms with Crippen molar-refractivity contribution < 1.29 is 18.3 Å². The van der Waals surface area contributed by atoms with Crippen LogP contribution in [0.25, 0.3) is 0 Å². The van der Waals surface area contributed by atoms with Gasteiger partial charge in [-0.3, -0.25) is 0 Å². The molecular weight excluding hydrogens is 195 g/mol. The summed E-state index contributed by atoms with van der Waals surface area (Å²) in [7, 11) is 0. The molecule has 0 bridgehead atoms. The van der Waals surface area contributed by atoms with Gasteiger partial charge in [0.1, 0.15) is 0 Å². The molecule has 0 aliphatic rings. The zero-order valence-electron chi connectivity index (χ0n) is 7.47. The fourth-order valence-corrected chi connectivity index (χ4v) is 1.05. The number of hydrogen-bond donors (Lipinski definition) is 2. The van der Waals surface area contributed by atoms with Crippen molar-refractivity contribution in [2.45, 2.75) is 19.1 Å². The molecule has 78 valence electrons. The molecule has 14 heavy (non-hydrogen) atoms. The van der Waals surface area contributed by atoms with E-state index in [4.69, 9.17) is 5.73 Å². The predicted octanol–water partition coefficient (Wildman–Crippen LogP) is 1.48. The maximum Gasteiger partial charge on any atom is 0.194 e. The molecular formula is C9H10F3NO. The van der Waals surface area contributed by atoms with Gasteiger partial charge in [0.2, 0.25) is 0 Å². The number of benzene rings is 1. The van der Waals surface area contributed by atoms with E-state index in [9.17, 15) is 18.3 Å². The second-order valence-electron chi connectivity index (χ2n) is 3.07. The lowest BCUT2D eigenvalue weighted by atomic mass is 10.0. The minimum atomic E-state index is -1.60.